The smallest absolute Gasteiger partial charge is 0.273 e. The van der Waals surface area contributed by atoms with E-state index in [1.165, 1.54) is 0 Å². The molecule has 0 radical (unpaired) electrons. The Kier molecular flexibility index (Phi) is 12.4. The Morgan fingerprint density at radius 1 is 0.646 bits per heavy atom. The van der Waals surface area contributed by atoms with Gasteiger partial charge in [0, 0.05) is 82.1 Å². The first kappa shape index (κ1) is 43.2. The Morgan fingerprint density at radius 3 is 1.57 bits per heavy atom. The van der Waals surface area contributed by atoms with Crippen LogP contribution in [-0.4, -0.2) is 87.8 Å². The van der Waals surface area contributed by atoms with Gasteiger partial charge in [0.2, 0.25) is 17.7 Å². The zero-order chi connectivity index (χ0) is 45.2. The zero-order valence-corrected chi connectivity index (χ0v) is 37.0. The highest BCUT2D eigenvalue weighted by molar-refractivity contribution is 6.31. The monoisotopic (exact) mass is 911 g/mol. The minimum absolute atomic E-state index is 0.123. The van der Waals surface area contributed by atoms with Gasteiger partial charge in [-0.05, 0) is 98.5 Å². The predicted octanol–water partition coefficient (Wildman–Crippen LogP) is 9.70. The number of ether oxygens (including phenoxy) is 2. The summed E-state index contributed by atoms with van der Waals surface area (Å²) in [6.07, 6.45) is 4.79. The SMILES string of the molecule is COc1cccc2c(C(=O)N3CCC[C@H]3CC(=O)Nc3ccc(-c4cnc(-c5ccc(NC(=O)C[C@@H]6CCCN6C(=O)c6nc(Cl)cc7c(OC)cccc67)cc5)o4)cc3)nc(Cl)cc12. The van der Waals surface area contributed by atoms with Crippen molar-refractivity contribution >= 4 is 79.8 Å². The number of carbonyl (C=O) groups is 4. The quantitative estimate of drug-likeness (QED) is 0.113. The molecule has 3 aromatic heterocycles. The number of benzene rings is 4. The number of oxazole rings is 1. The fraction of sp³-hybridized carbons (Fsp3) is 0.245. The summed E-state index contributed by atoms with van der Waals surface area (Å²) < 4.78 is 17.1. The molecule has 2 aliphatic heterocycles. The molecule has 330 valence electrons. The van der Waals surface area contributed by atoms with E-state index >= 15 is 0 Å². The summed E-state index contributed by atoms with van der Waals surface area (Å²) in [6, 6.07) is 28.0. The lowest BCUT2D eigenvalue weighted by Crippen LogP contribution is -2.38. The molecule has 0 saturated carbocycles. The summed E-state index contributed by atoms with van der Waals surface area (Å²) in [5.41, 5.74) is 3.12. The Hall–Kier alpha value is -7.03. The second-order valence-electron chi connectivity index (χ2n) is 16.0. The van der Waals surface area contributed by atoms with Crippen LogP contribution in [0.3, 0.4) is 0 Å². The number of methoxy groups -OCH3 is 2. The molecule has 5 heterocycles. The molecule has 0 bridgehead atoms. The van der Waals surface area contributed by atoms with Gasteiger partial charge in [0.15, 0.2) is 5.76 Å². The number of hydrogen-bond donors (Lipinski definition) is 2. The number of likely N-dealkylation sites (tertiary alicyclic amines) is 2. The molecule has 16 heteroatoms. The highest BCUT2D eigenvalue weighted by Gasteiger charge is 2.34. The number of halogens is 2. The van der Waals surface area contributed by atoms with E-state index in [0.29, 0.717) is 87.6 Å². The first-order chi connectivity index (χ1) is 31.6. The number of nitrogens with zero attached hydrogens (tertiary/aromatic N) is 5. The lowest BCUT2D eigenvalue weighted by molar-refractivity contribution is -0.117. The van der Waals surface area contributed by atoms with E-state index in [-0.39, 0.29) is 70.2 Å². The van der Waals surface area contributed by atoms with Crippen molar-refractivity contribution in [1.29, 1.82) is 0 Å². The number of rotatable bonds is 12. The van der Waals surface area contributed by atoms with Crippen molar-refractivity contribution in [3.8, 4) is 34.3 Å². The van der Waals surface area contributed by atoms with Gasteiger partial charge in [-0.2, -0.15) is 0 Å². The first-order valence-electron chi connectivity index (χ1n) is 21.2. The highest BCUT2D eigenvalue weighted by Crippen LogP contribution is 2.34. The largest absolute Gasteiger partial charge is 0.496 e. The normalized spacial score (nSPS) is 15.9. The van der Waals surface area contributed by atoms with E-state index in [0.717, 1.165) is 18.4 Å². The van der Waals surface area contributed by atoms with Crippen LogP contribution in [0.5, 0.6) is 11.5 Å². The molecule has 0 aliphatic carbocycles. The number of anilines is 2. The van der Waals surface area contributed by atoms with Gasteiger partial charge in [-0.1, -0.05) is 47.5 Å². The van der Waals surface area contributed by atoms with Gasteiger partial charge < -0.3 is 34.3 Å². The van der Waals surface area contributed by atoms with Gasteiger partial charge in [-0.25, -0.2) is 15.0 Å². The van der Waals surface area contributed by atoms with E-state index in [4.69, 9.17) is 37.1 Å². The van der Waals surface area contributed by atoms with Crippen molar-refractivity contribution in [2.75, 3.05) is 37.9 Å². The van der Waals surface area contributed by atoms with Crippen LogP contribution in [0.25, 0.3) is 44.3 Å². The molecule has 65 heavy (non-hydrogen) atoms. The lowest BCUT2D eigenvalue weighted by Gasteiger charge is -2.25. The second kappa shape index (κ2) is 18.6. The Balaban J connectivity index is 0.786. The van der Waals surface area contributed by atoms with E-state index < -0.39 is 0 Å². The molecule has 4 amide bonds. The third-order valence-corrected chi connectivity index (χ3v) is 12.3. The van der Waals surface area contributed by atoms with Crippen LogP contribution < -0.4 is 20.1 Å². The molecule has 9 rings (SSSR count). The standard InChI is InChI=1S/C49H43Cl2N7O7/c1-63-38-11-3-9-34-36(38)25-41(50)55-45(34)48(61)57-21-5-7-32(57)23-43(59)53-30-17-13-28(14-18-30)40-27-52-47(65-40)29-15-19-31(20-16-29)54-44(60)24-33-8-6-22-58(33)49(62)46-35-10-4-12-39(64-2)37(35)26-42(51)56-46/h3-4,9-20,25-27,32-33H,5-8,21-24H2,1-2H3,(H,53,59)(H,54,60)/t32-,33-/m0/s1. The molecular weight excluding hydrogens is 869 g/mol. The molecule has 2 N–H and O–H groups in total. The molecule has 2 aliphatic rings. The third kappa shape index (κ3) is 9.04. The van der Waals surface area contributed by atoms with E-state index in [1.807, 2.05) is 36.4 Å². The van der Waals surface area contributed by atoms with Crippen LogP contribution in [0.1, 0.15) is 59.5 Å². The van der Waals surface area contributed by atoms with Crippen molar-refractivity contribution in [1.82, 2.24) is 24.8 Å². The van der Waals surface area contributed by atoms with Gasteiger partial charge in [0.05, 0.1) is 20.4 Å². The van der Waals surface area contributed by atoms with Crippen LogP contribution in [-0.2, 0) is 9.59 Å². The maximum atomic E-state index is 13.8. The van der Waals surface area contributed by atoms with Crippen LogP contribution >= 0.6 is 23.2 Å². The number of amides is 4. The fourth-order valence-corrected chi connectivity index (χ4v) is 9.21. The highest BCUT2D eigenvalue weighted by atomic mass is 35.5. The Morgan fingerprint density at radius 2 is 1.11 bits per heavy atom. The molecule has 0 spiro atoms. The number of nitrogens with one attached hydrogen (secondary N) is 2. The van der Waals surface area contributed by atoms with E-state index in [9.17, 15) is 19.2 Å². The molecule has 2 saturated heterocycles. The molecule has 0 unspecified atom stereocenters. The molecule has 7 aromatic rings. The summed E-state index contributed by atoms with van der Waals surface area (Å²) in [4.78, 5) is 70.9. The zero-order valence-electron chi connectivity index (χ0n) is 35.5. The summed E-state index contributed by atoms with van der Waals surface area (Å²) in [6.45, 7) is 1.02. The van der Waals surface area contributed by atoms with Crippen molar-refractivity contribution in [2.24, 2.45) is 0 Å². The summed E-state index contributed by atoms with van der Waals surface area (Å²) >= 11 is 12.7. The van der Waals surface area contributed by atoms with Gasteiger partial charge >= 0.3 is 0 Å². The Bertz CT molecular complexity index is 2760. The van der Waals surface area contributed by atoms with Crippen LogP contribution in [0.4, 0.5) is 11.4 Å². The maximum Gasteiger partial charge on any atom is 0.273 e. The molecule has 14 nitrogen and oxygen atoms in total. The maximum absolute atomic E-state index is 13.8. The number of pyridine rings is 2. The van der Waals surface area contributed by atoms with Gasteiger partial charge in [-0.15, -0.1) is 0 Å². The first-order valence-corrected chi connectivity index (χ1v) is 22.0. The third-order valence-electron chi connectivity index (χ3n) is 11.9. The topological polar surface area (TPSA) is 169 Å². The van der Waals surface area contributed by atoms with E-state index in [1.54, 1.807) is 90.9 Å². The van der Waals surface area contributed by atoms with Crippen molar-refractivity contribution in [3.63, 3.8) is 0 Å². The number of carbonyl (C=O) groups excluding carboxylic acids is 4. The van der Waals surface area contributed by atoms with Crippen molar-refractivity contribution in [2.45, 2.75) is 50.6 Å². The average molecular weight is 913 g/mol. The lowest BCUT2D eigenvalue weighted by atomic mass is 10.1. The second-order valence-corrected chi connectivity index (χ2v) is 16.8. The van der Waals surface area contributed by atoms with E-state index in [2.05, 4.69) is 25.6 Å². The van der Waals surface area contributed by atoms with Crippen LogP contribution in [0.15, 0.2) is 108 Å². The summed E-state index contributed by atoms with van der Waals surface area (Å²) in [7, 11) is 3.12. The molecule has 2 fully saturated rings. The molecule has 2 atom stereocenters. The van der Waals surface area contributed by atoms with Crippen molar-refractivity contribution < 1.29 is 33.1 Å². The molecule has 4 aromatic carbocycles. The summed E-state index contributed by atoms with van der Waals surface area (Å²) in [5.74, 6) is 1.12. The average Bonchev–Trinajstić information content (AvgIpc) is 4.10. The minimum Gasteiger partial charge on any atom is -0.496 e. The fourth-order valence-electron chi connectivity index (χ4n) is 8.83. The number of hydrogen-bond acceptors (Lipinski definition) is 10. The number of aromatic nitrogens is 3. The predicted molar refractivity (Wildman–Crippen MR) is 249 cm³/mol. The molecular formula is C49H43Cl2N7O7. The number of fused-ring (bicyclic) bond motifs is 2. The van der Waals surface area contributed by atoms with Gasteiger partial charge in [0.25, 0.3) is 11.8 Å². The Labute approximate surface area is 383 Å². The summed E-state index contributed by atoms with van der Waals surface area (Å²) in [5, 5.41) is 8.95. The van der Waals surface area contributed by atoms with Crippen molar-refractivity contribution in [3.05, 3.63) is 125 Å². The van der Waals surface area contributed by atoms with Crippen LogP contribution in [0.2, 0.25) is 10.3 Å². The van der Waals surface area contributed by atoms with Gasteiger partial charge in [0.1, 0.15) is 33.2 Å². The minimum atomic E-state index is -0.300. The van der Waals surface area contributed by atoms with Gasteiger partial charge in [-0.3, -0.25) is 19.2 Å². The van der Waals surface area contributed by atoms with Crippen LogP contribution in [0, 0.1) is 0 Å².